The number of nitrogens with zero attached hydrogens (tertiary/aromatic N) is 3. The van der Waals surface area contributed by atoms with E-state index in [0.29, 0.717) is 6.54 Å². The number of anilines is 1. The summed E-state index contributed by atoms with van der Waals surface area (Å²) in [6.07, 6.45) is 4.04. The van der Waals surface area contributed by atoms with E-state index in [1.807, 2.05) is 19.0 Å². The first kappa shape index (κ1) is 19.0. The van der Waals surface area contributed by atoms with E-state index >= 15 is 0 Å². The number of nitrogens with one attached hydrogen (secondary N) is 2. The Kier molecular flexibility index (Phi) is 6.86. The van der Waals surface area contributed by atoms with Crippen LogP contribution in [0.1, 0.15) is 45.2 Å². The van der Waals surface area contributed by atoms with Crippen LogP contribution in [0.4, 0.5) is 5.13 Å². The fourth-order valence-corrected chi connectivity index (χ4v) is 3.70. The summed E-state index contributed by atoms with van der Waals surface area (Å²) >= 11 is 1.63. The average molecular weight is 354 g/mol. The molecule has 1 aromatic heterocycles. The number of hydrogen-bond donors (Lipinski definition) is 3. The van der Waals surface area contributed by atoms with Crippen LogP contribution in [0.5, 0.6) is 0 Å². The van der Waals surface area contributed by atoms with Gasteiger partial charge in [0.05, 0.1) is 18.3 Å². The number of guanidine groups is 1. The van der Waals surface area contributed by atoms with Crippen molar-refractivity contribution >= 4 is 22.4 Å². The lowest BCUT2D eigenvalue weighted by Crippen LogP contribution is -2.48. The van der Waals surface area contributed by atoms with Crippen LogP contribution >= 0.6 is 11.3 Å². The quantitative estimate of drug-likeness (QED) is 0.540. The van der Waals surface area contributed by atoms with Gasteiger partial charge in [0.15, 0.2) is 11.1 Å². The minimum Gasteiger partial charge on any atom is -0.392 e. The maximum Gasteiger partial charge on any atom is 0.191 e. The molecule has 6 nitrogen and oxygen atoms in total. The minimum atomic E-state index is -0.234. The summed E-state index contributed by atoms with van der Waals surface area (Å²) in [7, 11) is 3.99. The maximum atomic E-state index is 10.3. The Morgan fingerprint density at radius 3 is 2.88 bits per heavy atom. The summed E-state index contributed by atoms with van der Waals surface area (Å²) in [5.74, 6) is 0.788. The molecule has 0 aromatic carbocycles. The second kappa shape index (κ2) is 8.67. The lowest BCUT2D eigenvalue weighted by atomic mass is 9.73. The van der Waals surface area contributed by atoms with Gasteiger partial charge in [-0.1, -0.05) is 19.8 Å². The summed E-state index contributed by atoms with van der Waals surface area (Å²) in [6, 6.07) is 0. The van der Waals surface area contributed by atoms with Crippen molar-refractivity contribution in [3.05, 3.63) is 11.1 Å². The first-order valence-electron chi connectivity index (χ1n) is 8.76. The van der Waals surface area contributed by atoms with E-state index in [0.717, 1.165) is 49.1 Å². The van der Waals surface area contributed by atoms with E-state index in [4.69, 9.17) is 0 Å². The van der Waals surface area contributed by atoms with E-state index < -0.39 is 0 Å². The molecule has 1 aromatic rings. The van der Waals surface area contributed by atoms with Gasteiger partial charge in [0.2, 0.25) is 0 Å². The van der Waals surface area contributed by atoms with Gasteiger partial charge in [0, 0.05) is 38.0 Å². The lowest BCUT2D eigenvalue weighted by Gasteiger charge is -2.38. The number of thiazole rings is 1. The molecule has 0 spiro atoms. The van der Waals surface area contributed by atoms with Gasteiger partial charge < -0.3 is 20.6 Å². The summed E-state index contributed by atoms with van der Waals surface area (Å²) in [5, 5.41) is 20.0. The fourth-order valence-electron chi connectivity index (χ4n) is 2.95. The largest absolute Gasteiger partial charge is 0.392 e. The van der Waals surface area contributed by atoms with Gasteiger partial charge in [-0.2, -0.15) is 0 Å². The van der Waals surface area contributed by atoms with E-state index in [2.05, 4.69) is 39.8 Å². The molecule has 0 radical (unpaired) electrons. The van der Waals surface area contributed by atoms with Crippen LogP contribution in [0.25, 0.3) is 0 Å². The maximum absolute atomic E-state index is 10.3. The van der Waals surface area contributed by atoms with E-state index in [1.54, 1.807) is 11.3 Å². The van der Waals surface area contributed by atoms with E-state index in [-0.39, 0.29) is 11.5 Å². The number of aliphatic hydroxyl groups is 1. The number of aliphatic hydroxyl groups excluding tert-OH is 1. The third-order valence-corrected chi connectivity index (χ3v) is 5.66. The van der Waals surface area contributed by atoms with Gasteiger partial charge in [-0.25, -0.2) is 9.98 Å². The Morgan fingerprint density at radius 2 is 2.25 bits per heavy atom. The molecule has 2 unspecified atom stereocenters. The van der Waals surface area contributed by atoms with Crippen LogP contribution in [0, 0.1) is 5.41 Å². The Bertz CT molecular complexity index is 545. The molecule has 2 atom stereocenters. The van der Waals surface area contributed by atoms with Gasteiger partial charge in [-0.05, 0) is 19.8 Å². The molecule has 24 heavy (non-hydrogen) atoms. The molecule has 2 rings (SSSR count). The Morgan fingerprint density at radius 1 is 1.46 bits per heavy atom. The molecular weight excluding hydrogens is 322 g/mol. The summed E-state index contributed by atoms with van der Waals surface area (Å²) in [4.78, 5) is 11.2. The number of aliphatic imine (C=N–C) groups is 1. The summed E-state index contributed by atoms with van der Waals surface area (Å²) < 4.78 is 0. The molecule has 1 saturated carbocycles. The van der Waals surface area contributed by atoms with Gasteiger partial charge in [0.1, 0.15) is 0 Å². The zero-order chi connectivity index (χ0) is 17.6. The van der Waals surface area contributed by atoms with E-state index in [9.17, 15) is 5.11 Å². The van der Waals surface area contributed by atoms with Gasteiger partial charge in [0.25, 0.3) is 0 Å². The average Bonchev–Trinajstić information content (AvgIpc) is 3.02. The molecular formula is C17H31N5OS. The predicted octanol–water partition coefficient (Wildman–Crippen LogP) is 2.21. The number of aromatic nitrogens is 1. The van der Waals surface area contributed by atoms with Gasteiger partial charge in [-0.3, -0.25) is 0 Å². The molecule has 136 valence electrons. The van der Waals surface area contributed by atoms with Crippen molar-refractivity contribution in [2.75, 3.05) is 32.1 Å². The van der Waals surface area contributed by atoms with Gasteiger partial charge >= 0.3 is 0 Å². The van der Waals surface area contributed by atoms with Crippen molar-refractivity contribution in [2.24, 2.45) is 10.4 Å². The minimum absolute atomic E-state index is 0.0762. The van der Waals surface area contributed by atoms with Crippen LogP contribution in [0.2, 0.25) is 0 Å². The van der Waals surface area contributed by atoms with Crippen LogP contribution < -0.4 is 15.5 Å². The molecule has 7 heteroatoms. The Balaban J connectivity index is 1.94. The molecule has 1 aliphatic carbocycles. The molecule has 0 bridgehead atoms. The second-order valence-electron chi connectivity index (χ2n) is 6.98. The normalized spacial score (nSPS) is 24.7. The van der Waals surface area contributed by atoms with Crippen LogP contribution in [-0.2, 0) is 6.54 Å². The lowest BCUT2D eigenvalue weighted by molar-refractivity contribution is 0.00397. The van der Waals surface area contributed by atoms with Crippen molar-refractivity contribution in [1.29, 1.82) is 0 Å². The highest BCUT2D eigenvalue weighted by molar-refractivity contribution is 7.13. The van der Waals surface area contributed by atoms with E-state index in [1.165, 1.54) is 6.42 Å². The molecule has 1 fully saturated rings. The smallest absolute Gasteiger partial charge is 0.191 e. The third-order valence-electron chi connectivity index (χ3n) is 4.61. The molecule has 0 saturated heterocycles. The van der Waals surface area contributed by atoms with Crippen molar-refractivity contribution in [3.63, 3.8) is 0 Å². The molecule has 1 heterocycles. The zero-order valence-corrected chi connectivity index (χ0v) is 16.1. The van der Waals surface area contributed by atoms with Crippen molar-refractivity contribution < 1.29 is 5.11 Å². The molecule has 0 aliphatic heterocycles. The highest BCUT2D eigenvalue weighted by Crippen LogP contribution is 2.35. The molecule has 1 aliphatic rings. The monoisotopic (exact) mass is 353 g/mol. The highest BCUT2D eigenvalue weighted by Gasteiger charge is 2.35. The van der Waals surface area contributed by atoms with Crippen LogP contribution in [-0.4, -0.2) is 49.3 Å². The van der Waals surface area contributed by atoms with Crippen LogP contribution in [0.3, 0.4) is 0 Å². The first-order chi connectivity index (χ1) is 11.4. The number of hydrogen-bond acceptors (Lipinski definition) is 5. The SMILES string of the molecule is CCNC(=NCc1csc(N(C)C)n1)NCC1(C)CCCCC1O. The van der Waals surface area contributed by atoms with Crippen molar-refractivity contribution in [2.45, 2.75) is 52.2 Å². The second-order valence-corrected chi connectivity index (χ2v) is 7.82. The predicted molar refractivity (Wildman–Crippen MR) is 102 cm³/mol. The first-order valence-corrected chi connectivity index (χ1v) is 9.64. The number of rotatable bonds is 6. The highest BCUT2D eigenvalue weighted by atomic mass is 32.1. The molecule has 0 amide bonds. The van der Waals surface area contributed by atoms with Gasteiger partial charge in [-0.15, -0.1) is 11.3 Å². The van der Waals surface area contributed by atoms with Crippen LogP contribution in [0.15, 0.2) is 10.4 Å². The topological polar surface area (TPSA) is 72.8 Å². The van der Waals surface area contributed by atoms with Crippen molar-refractivity contribution in [3.8, 4) is 0 Å². The summed E-state index contributed by atoms with van der Waals surface area (Å²) in [5.41, 5.74) is 0.900. The Hall–Kier alpha value is -1.34. The zero-order valence-electron chi connectivity index (χ0n) is 15.3. The Labute approximate surface area is 149 Å². The molecule has 3 N–H and O–H groups in total. The summed E-state index contributed by atoms with van der Waals surface area (Å²) in [6.45, 7) is 6.32. The third kappa shape index (κ3) is 5.08. The van der Waals surface area contributed by atoms with Crippen molar-refractivity contribution in [1.82, 2.24) is 15.6 Å². The fraction of sp³-hybridized carbons (Fsp3) is 0.765. The standard InChI is InChI=1S/C17H31N5OS/c1-5-18-15(19-10-13-11-24-16(21-13)22(3)4)20-12-17(2)9-7-6-8-14(17)23/h11,14,23H,5-10,12H2,1-4H3,(H2,18,19,20).